The number of hydrogen-bond acceptors (Lipinski definition) is 9. The molecule has 0 aliphatic carbocycles. The van der Waals surface area contributed by atoms with Crippen LogP contribution in [-0.4, -0.2) is 49.6 Å². The number of unbranched alkanes of at least 4 members (excludes halogenated alkanes) is 1. The zero-order chi connectivity index (χ0) is 27.4. The Labute approximate surface area is 217 Å². The van der Waals surface area contributed by atoms with Crippen molar-refractivity contribution in [1.82, 2.24) is 9.29 Å². The molecule has 3 N–H and O–H groups in total. The van der Waals surface area contributed by atoms with Gasteiger partial charge in [0.2, 0.25) is 15.9 Å². The number of rotatable bonds is 15. The number of nitrogens with zero attached hydrogens (tertiary/aromatic N) is 4. The lowest BCUT2D eigenvalue weighted by atomic mass is 10.00. The van der Waals surface area contributed by atoms with Gasteiger partial charge in [-0.3, -0.25) is 9.36 Å². The summed E-state index contributed by atoms with van der Waals surface area (Å²) in [6.07, 6.45) is 3.83. The van der Waals surface area contributed by atoms with E-state index >= 15 is 0 Å². The van der Waals surface area contributed by atoms with Gasteiger partial charge in [0, 0.05) is 12.1 Å². The summed E-state index contributed by atoms with van der Waals surface area (Å²) in [6, 6.07) is 7.90. The van der Waals surface area contributed by atoms with Crippen molar-refractivity contribution in [2.24, 2.45) is 16.1 Å². The number of aliphatic hydroxyl groups excluding tert-OH is 1. The molecule has 1 atom stereocenters. The lowest BCUT2D eigenvalue weighted by Gasteiger charge is -2.16. The van der Waals surface area contributed by atoms with Crippen molar-refractivity contribution in [2.45, 2.75) is 57.9 Å². The predicted molar refractivity (Wildman–Crippen MR) is 139 cm³/mol. The average Bonchev–Trinajstić information content (AvgIpc) is 2.88. The Morgan fingerprint density at radius 2 is 1.95 bits per heavy atom. The Morgan fingerprint density at radius 3 is 2.59 bits per heavy atom. The number of nitriles is 1. The van der Waals surface area contributed by atoms with Gasteiger partial charge in [0.15, 0.2) is 5.69 Å². The standard InChI is InChI=1S/C25H35N5O6S/c1-4-6-9-19(5-2)17-27-37(34,35)22-11-8-7-10-21(22)28-29-23-18(3)20(16-26)24(32)30(25(23)33)12-14-36-15-13-31/h7-8,10-11,19,27,31-32H,4-6,9,12-15,17H2,1-3H3. The summed E-state index contributed by atoms with van der Waals surface area (Å²) in [6.45, 7) is 5.63. The zero-order valence-electron chi connectivity index (χ0n) is 21.5. The molecule has 0 fully saturated rings. The Hall–Kier alpha value is -3.11. The van der Waals surface area contributed by atoms with Crippen LogP contribution in [0.1, 0.15) is 50.7 Å². The molecule has 0 aliphatic rings. The van der Waals surface area contributed by atoms with E-state index in [4.69, 9.17) is 9.84 Å². The van der Waals surface area contributed by atoms with Crippen LogP contribution < -0.4 is 10.3 Å². The first-order chi connectivity index (χ1) is 17.7. The van der Waals surface area contributed by atoms with Gasteiger partial charge in [0.05, 0.1) is 26.4 Å². The fourth-order valence-electron chi connectivity index (χ4n) is 3.71. The van der Waals surface area contributed by atoms with E-state index in [0.717, 1.165) is 30.3 Å². The lowest BCUT2D eigenvalue weighted by molar-refractivity contribution is 0.0854. The molecule has 0 radical (unpaired) electrons. The number of aromatic hydroxyl groups is 1. The van der Waals surface area contributed by atoms with Crippen LogP contribution in [0.5, 0.6) is 5.88 Å². The van der Waals surface area contributed by atoms with Crippen molar-refractivity contribution in [3.05, 3.63) is 45.7 Å². The third-order valence-electron chi connectivity index (χ3n) is 5.98. The molecule has 1 heterocycles. The topological polar surface area (TPSA) is 166 Å². The third kappa shape index (κ3) is 7.93. The average molecular weight is 534 g/mol. The molecule has 0 saturated carbocycles. The number of nitrogens with one attached hydrogen (secondary N) is 1. The molecular weight excluding hydrogens is 498 g/mol. The molecule has 0 amide bonds. The van der Waals surface area contributed by atoms with E-state index in [1.807, 2.05) is 13.0 Å². The largest absolute Gasteiger partial charge is 0.493 e. The molecule has 12 heteroatoms. The fourth-order valence-corrected chi connectivity index (χ4v) is 4.96. The van der Waals surface area contributed by atoms with Crippen molar-refractivity contribution < 1.29 is 23.4 Å². The minimum Gasteiger partial charge on any atom is -0.493 e. The molecule has 1 aromatic carbocycles. The van der Waals surface area contributed by atoms with E-state index < -0.39 is 21.5 Å². The first-order valence-electron chi connectivity index (χ1n) is 12.3. The number of azo groups is 1. The highest BCUT2D eigenvalue weighted by Gasteiger charge is 2.22. The monoisotopic (exact) mass is 533 g/mol. The highest BCUT2D eigenvalue weighted by Crippen LogP contribution is 2.29. The summed E-state index contributed by atoms with van der Waals surface area (Å²) in [4.78, 5) is 13.0. The van der Waals surface area contributed by atoms with E-state index in [1.54, 1.807) is 12.1 Å². The third-order valence-corrected chi connectivity index (χ3v) is 7.45. The molecule has 2 rings (SSSR count). The van der Waals surface area contributed by atoms with Crippen molar-refractivity contribution in [1.29, 1.82) is 5.26 Å². The summed E-state index contributed by atoms with van der Waals surface area (Å²) in [5.74, 6) is -0.315. The molecule has 202 valence electrons. The Morgan fingerprint density at radius 1 is 1.22 bits per heavy atom. The second kappa shape index (κ2) is 14.6. The van der Waals surface area contributed by atoms with Crippen LogP contribution in [0.2, 0.25) is 0 Å². The first kappa shape index (κ1) is 30.1. The second-order valence-electron chi connectivity index (χ2n) is 8.51. The molecule has 1 unspecified atom stereocenters. The van der Waals surface area contributed by atoms with Crippen LogP contribution in [0.15, 0.2) is 44.2 Å². The van der Waals surface area contributed by atoms with Crippen LogP contribution in [-0.2, 0) is 21.3 Å². The van der Waals surface area contributed by atoms with Crippen molar-refractivity contribution >= 4 is 21.4 Å². The summed E-state index contributed by atoms with van der Waals surface area (Å²) >= 11 is 0. The molecule has 11 nitrogen and oxygen atoms in total. The molecule has 2 aromatic rings. The van der Waals surface area contributed by atoms with Gasteiger partial charge < -0.3 is 14.9 Å². The van der Waals surface area contributed by atoms with Gasteiger partial charge in [-0.15, -0.1) is 10.2 Å². The van der Waals surface area contributed by atoms with Crippen LogP contribution >= 0.6 is 0 Å². The van der Waals surface area contributed by atoms with E-state index in [1.165, 1.54) is 19.1 Å². The molecule has 1 aromatic heterocycles. The maximum Gasteiger partial charge on any atom is 0.281 e. The lowest BCUT2D eigenvalue weighted by Crippen LogP contribution is -2.29. The van der Waals surface area contributed by atoms with Gasteiger partial charge >= 0.3 is 0 Å². The number of benzene rings is 1. The van der Waals surface area contributed by atoms with Crippen LogP contribution in [0.25, 0.3) is 0 Å². The minimum atomic E-state index is -3.91. The van der Waals surface area contributed by atoms with Crippen LogP contribution in [0.3, 0.4) is 0 Å². The van der Waals surface area contributed by atoms with Crippen LogP contribution in [0.4, 0.5) is 11.4 Å². The van der Waals surface area contributed by atoms with Gasteiger partial charge in [-0.2, -0.15) is 5.26 Å². The van der Waals surface area contributed by atoms with Gasteiger partial charge in [-0.1, -0.05) is 45.2 Å². The normalized spacial score (nSPS) is 12.6. The van der Waals surface area contributed by atoms with E-state index in [9.17, 15) is 23.6 Å². The van der Waals surface area contributed by atoms with Crippen molar-refractivity contribution in [2.75, 3.05) is 26.4 Å². The smallest absolute Gasteiger partial charge is 0.281 e. The zero-order valence-corrected chi connectivity index (χ0v) is 22.3. The number of ether oxygens (including phenoxy) is 1. The second-order valence-corrected chi connectivity index (χ2v) is 10.2. The Kier molecular flexibility index (Phi) is 11.9. The maximum atomic E-state index is 13.1. The molecule has 0 aliphatic heterocycles. The quantitative estimate of drug-likeness (QED) is 0.232. The molecular formula is C25H35N5O6S. The predicted octanol–water partition coefficient (Wildman–Crippen LogP) is 3.65. The minimum absolute atomic E-state index is 0.00228. The van der Waals surface area contributed by atoms with E-state index in [0.29, 0.717) is 6.54 Å². The van der Waals surface area contributed by atoms with E-state index in [2.05, 4.69) is 21.9 Å². The Balaban J connectivity index is 2.41. The molecule has 0 saturated heterocycles. The number of sulfonamides is 1. The Bertz CT molecular complexity index is 1280. The van der Waals surface area contributed by atoms with Gasteiger partial charge in [-0.25, -0.2) is 13.1 Å². The molecule has 37 heavy (non-hydrogen) atoms. The highest BCUT2D eigenvalue weighted by molar-refractivity contribution is 7.89. The number of pyridine rings is 1. The maximum absolute atomic E-state index is 13.1. The number of aromatic nitrogens is 1. The molecule has 0 bridgehead atoms. The summed E-state index contributed by atoms with van der Waals surface area (Å²) in [5.41, 5.74) is -0.940. The van der Waals surface area contributed by atoms with Crippen molar-refractivity contribution in [3.63, 3.8) is 0 Å². The van der Waals surface area contributed by atoms with E-state index in [-0.39, 0.29) is 59.7 Å². The highest BCUT2D eigenvalue weighted by atomic mass is 32.2. The fraction of sp³-hybridized carbons (Fsp3) is 0.520. The SMILES string of the molecule is CCCCC(CC)CNS(=O)(=O)c1ccccc1N=Nc1c(C)c(C#N)c(O)n(CCOCCO)c1=O. The first-order valence-corrected chi connectivity index (χ1v) is 13.8. The molecule has 0 spiro atoms. The number of hydrogen-bond donors (Lipinski definition) is 3. The summed E-state index contributed by atoms with van der Waals surface area (Å²) in [7, 11) is -3.91. The summed E-state index contributed by atoms with van der Waals surface area (Å²) < 4.78 is 34.9. The number of aliphatic hydroxyl groups is 1. The van der Waals surface area contributed by atoms with Gasteiger partial charge in [0.1, 0.15) is 22.2 Å². The van der Waals surface area contributed by atoms with Crippen LogP contribution in [0, 0.1) is 24.2 Å². The van der Waals surface area contributed by atoms with Crippen molar-refractivity contribution in [3.8, 4) is 11.9 Å². The summed E-state index contributed by atoms with van der Waals surface area (Å²) in [5, 5.41) is 36.8. The van der Waals surface area contributed by atoms with Gasteiger partial charge in [-0.05, 0) is 31.4 Å². The van der Waals surface area contributed by atoms with Gasteiger partial charge in [0.25, 0.3) is 5.56 Å².